The molecule has 1 aliphatic heterocycles. The van der Waals surface area contributed by atoms with Crippen molar-refractivity contribution in [3.05, 3.63) is 83.4 Å². The van der Waals surface area contributed by atoms with Crippen molar-refractivity contribution < 1.29 is 14.6 Å². The second-order valence-electron chi connectivity index (χ2n) is 9.41. The minimum Gasteiger partial charge on any atom is -0.507 e. The molecule has 0 radical (unpaired) electrons. The van der Waals surface area contributed by atoms with Crippen LogP contribution in [0, 0.1) is 5.41 Å². The number of para-hydroxylation sites is 1. The topological polar surface area (TPSA) is 89.6 Å². The maximum atomic E-state index is 13.4. The van der Waals surface area contributed by atoms with Crippen LogP contribution in [0.5, 0.6) is 11.6 Å². The predicted octanol–water partition coefficient (Wildman–Crippen LogP) is 4.66. The zero-order valence-corrected chi connectivity index (χ0v) is 18.3. The summed E-state index contributed by atoms with van der Waals surface area (Å²) in [4.78, 5) is 22.7. The lowest BCUT2D eigenvalue weighted by Gasteiger charge is -2.37. The maximum Gasteiger partial charge on any atom is 0.228 e. The summed E-state index contributed by atoms with van der Waals surface area (Å²) in [5.74, 6) is 1.34. The first-order valence-corrected chi connectivity index (χ1v) is 10.9. The number of Topliss-reactive ketones (excluding diaryl/α,β-unsaturated/α-hetero) is 1. The minimum atomic E-state index is -0.355. The number of benzene rings is 2. The minimum absolute atomic E-state index is 0.0863. The SMILES string of the molecule is CC1(C)CC(=O)C2=C(C1)Oc1ncn3nc(-c4ccccc4O)nc3c1[C@@H]2c1ccccc1. The second-order valence-corrected chi connectivity index (χ2v) is 9.41. The average Bonchev–Trinajstić information content (AvgIpc) is 3.22. The third kappa shape index (κ3) is 3.11. The summed E-state index contributed by atoms with van der Waals surface area (Å²) in [6.07, 6.45) is 2.69. The van der Waals surface area contributed by atoms with Gasteiger partial charge < -0.3 is 9.84 Å². The lowest BCUT2D eigenvalue weighted by molar-refractivity contribution is -0.118. The summed E-state index contributed by atoms with van der Waals surface area (Å²) in [6, 6.07) is 16.9. The average molecular weight is 438 g/mol. The van der Waals surface area contributed by atoms with Crippen molar-refractivity contribution in [3.63, 3.8) is 0 Å². The quantitative estimate of drug-likeness (QED) is 0.489. The Bertz CT molecular complexity index is 1450. The zero-order chi connectivity index (χ0) is 22.7. The van der Waals surface area contributed by atoms with E-state index in [0.717, 1.165) is 5.56 Å². The van der Waals surface area contributed by atoms with E-state index in [-0.39, 0.29) is 22.9 Å². The van der Waals surface area contributed by atoms with Crippen molar-refractivity contribution in [3.8, 4) is 23.0 Å². The molecule has 0 saturated carbocycles. The van der Waals surface area contributed by atoms with Crippen molar-refractivity contribution in [2.45, 2.75) is 32.6 Å². The van der Waals surface area contributed by atoms with E-state index in [2.05, 4.69) is 23.9 Å². The third-order valence-corrected chi connectivity index (χ3v) is 6.34. The molecule has 7 nitrogen and oxygen atoms in total. The van der Waals surface area contributed by atoms with E-state index >= 15 is 0 Å². The zero-order valence-electron chi connectivity index (χ0n) is 18.3. The number of rotatable bonds is 2. The molecule has 6 rings (SSSR count). The molecule has 0 saturated heterocycles. The number of hydrogen-bond donors (Lipinski definition) is 1. The van der Waals surface area contributed by atoms with Gasteiger partial charge in [-0.2, -0.15) is 0 Å². The first-order valence-electron chi connectivity index (χ1n) is 10.9. The summed E-state index contributed by atoms with van der Waals surface area (Å²) in [5, 5.41) is 14.9. The van der Waals surface area contributed by atoms with Crippen molar-refractivity contribution in [2.24, 2.45) is 5.41 Å². The molecule has 164 valence electrons. The Morgan fingerprint density at radius 3 is 2.61 bits per heavy atom. The van der Waals surface area contributed by atoms with E-state index in [1.807, 2.05) is 36.4 Å². The van der Waals surface area contributed by atoms with Crippen molar-refractivity contribution in [1.82, 2.24) is 19.6 Å². The van der Waals surface area contributed by atoms with Crippen LogP contribution in [-0.2, 0) is 4.79 Å². The number of hydrogen-bond acceptors (Lipinski definition) is 6. The van der Waals surface area contributed by atoms with Crippen LogP contribution in [0.15, 0.2) is 72.3 Å². The molecular formula is C26H22N4O3. The number of carbonyl (C=O) groups is 1. The van der Waals surface area contributed by atoms with E-state index in [1.54, 1.807) is 29.0 Å². The molecule has 1 aliphatic carbocycles. The van der Waals surface area contributed by atoms with Gasteiger partial charge in [-0.3, -0.25) is 4.79 Å². The Kier molecular flexibility index (Phi) is 4.17. The number of phenolic OH excluding ortho intramolecular Hbond substituents is 1. The van der Waals surface area contributed by atoms with Crippen LogP contribution in [-0.4, -0.2) is 30.5 Å². The van der Waals surface area contributed by atoms with Crippen LogP contribution in [0.1, 0.15) is 43.7 Å². The number of allylic oxidation sites excluding steroid dienone is 2. The maximum absolute atomic E-state index is 13.4. The number of ketones is 1. The normalized spacial score (nSPS) is 19.2. The summed E-state index contributed by atoms with van der Waals surface area (Å²) in [6.45, 7) is 4.16. The van der Waals surface area contributed by atoms with Gasteiger partial charge in [-0.05, 0) is 23.1 Å². The Morgan fingerprint density at radius 1 is 1.06 bits per heavy atom. The number of ether oxygens (including phenoxy) is 1. The van der Waals surface area contributed by atoms with Crippen molar-refractivity contribution in [2.75, 3.05) is 0 Å². The molecule has 0 spiro atoms. The Hall–Kier alpha value is -4.00. The number of fused-ring (bicyclic) bond motifs is 3. The standard InChI is InChI=1S/C26H22N4O3/c1-26(2)12-18(32)21-19(13-26)33-25-22(20(21)15-8-4-3-5-9-15)24-28-23(29-30(24)14-27-25)16-10-6-7-11-17(16)31/h3-11,14,20,31H,12-13H2,1-2H3/t20-/m1/s1. The summed E-state index contributed by atoms with van der Waals surface area (Å²) >= 11 is 0. The number of carbonyl (C=O) groups excluding carboxylic acids is 1. The van der Waals surface area contributed by atoms with E-state index in [0.29, 0.717) is 52.7 Å². The summed E-state index contributed by atoms with van der Waals surface area (Å²) in [7, 11) is 0. The number of phenols is 1. The summed E-state index contributed by atoms with van der Waals surface area (Å²) in [5.41, 5.74) is 3.27. The Morgan fingerprint density at radius 2 is 1.82 bits per heavy atom. The van der Waals surface area contributed by atoms with E-state index in [1.165, 1.54) is 0 Å². The third-order valence-electron chi connectivity index (χ3n) is 6.34. The van der Waals surface area contributed by atoms with Gasteiger partial charge >= 0.3 is 0 Å². The fraction of sp³-hybridized carbons (Fsp3) is 0.231. The monoisotopic (exact) mass is 438 g/mol. The lowest BCUT2D eigenvalue weighted by Crippen LogP contribution is -2.33. The first kappa shape index (κ1) is 19.7. The molecular weight excluding hydrogens is 416 g/mol. The van der Waals surface area contributed by atoms with Gasteiger partial charge in [-0.25, -0.2) is 14.5 Å². The van der Waals surface area contributed by atoms with Gasteiger partial charge in [0.15, 0.2) is 17.3 Å². The van der Waals surface area contributed by atoms with Gasteiger partial charge in [0.2, 0.25) is 5.88 Å². The van der Waals surface area contributed by atoms with Gasteiger partial charge in [-0.1, -0.05) is 56.3 Å². The van der Waals surface area contributed by atoms with Crippen LogP contribution in [0.25, 0.3) is 17.0 Å². The Balaban J connectivity index is 1.61. The highest BCUT2D eigenvalue weighted by atomic mass is 16.5. The molecule has 2 aromatic carbocycles. The molecule has 4 aromatic rings. The van der Waals surface area contributed by atoms with Gasteiger partial charge in [0.25, 0.3) is 0 Å². The van der Waals surface area contributed by atoms with Crippen molar-refractivity contribution in [1.29, 1.82) is 0 Å². The molecule has 1 N–H and O–H groups in total. The van der Waals surface area contributed by atoms with Gasteiger partial charge in [-0.15, -0.1) is 5.10 Å². The van der Waals surface area contributed by atoms with Gasteiger partial charge in [0.05, 0.1) is 11.1 Å². The fourth-order valence-corrected chi connectivity index (χ4v) is 4.90. The molecule has 2 aromatic heterocycles. The number of nitrogens with zero attached hydrogens (tertiary/aromatic N) is 4. The highest BCUT2D eigenvalue weighted by Crippen LogP contribution is 2.50. The van der Waals surface area contributed by atoms with Crippen LogP contribution >= 0.6 is 0 Å². The van der Waals surface area contributed by atoms with Gasteiger partial charge in [0, 0.05) is 24.3 Å². The molecule has 33 heavy (non-hydrogen) atoms. The lowest BCUT2D eigenvalue weighted by atomic mass is 9.70. The largest absolute Gasteiger partial charge is 0.507 e. The Labute approximate surface area is 190 Å². The van der Waals surface area contributed by atoms with E-state index < -0.39 is 0 Å². The highest BCUT2D eigenvalue weighted by molar-refractivity contribution is 6.00. The van der Waals surface area contributed by atoms with E-state index in [9.17, 15) is 9.90 Å². The molecule has 2 aliphatic rings. The highest BCUT2D eigenvalue weighted by Gasteiger charge is 2.43. The fourth-order valence-electron chi connectivity index (χ4n) is 4.90. The molecule has 0 bridgehead atoms. The predicted molar refractivity (Wildman–Crippen MR) is 122 cm³/mol. The van der Waals surface area contributed by atoms with Crippen LogP contribution in [0.2, 0.25) is 0 Å². The molecule has 0 amide bonds. The first-order chi connectivity index (χ1) is 15.9. The number of aromatic hydroxyl groups is 1. The summed E-state index contributed by atoms with van der Waals surface area (Å²) < 4.78 is 7.84. The van der Waals surface area contributed by atoms with Crippen LogP contribution in [0.4, 0.5) is 0 Å². The van der Waals surface area contributed by atoms with Gasteiger partial charge in [0.1, 0.15) is 17.8 Å². The molecule has 3 heterocycles. The molecule has 0 fully saturated rings. The second kappa shape index (κ2) is 7.00. The molecule has 7 heteroatoms. The van der Waals surface area contributed by atoms with Crippen molar-refractivity contribution >= 4 is 11.4 Å². The van der Waals surface area contributed by atoms with E-state index in [4.69, 9.17) is 9.72 Å². The van der Waals surface area contributed by atoms with Crippen LogP contribution in [0.3, 0.4) is 0 Å². The molecule has 0 unspecified atom stereocenters. The van der Waals surface area contributed by atoms with Crippen LogP contribution < -0.4 is 4.74 Å². The number of aromatic nitrogens is 4. The smallest absolute Gasteiger partial charge is 0.228 e. The molecule has 1 atom stereocenters.